The molecular weight excluding hydrogens is 454 g/mol. The minimum absolute atomic E-state index is 0.0345. The van der Waals surface area contributed by atoms with Crippen molar-refractivity contribution < 1.29 is 23.8 Å². The lowest BCUT2D eigenvalue weighted by Crippen LogP contribution is -2.48. The fourth-order valence-corrected chi connectivity index (χ4v) is 4.92. The van der Waals surface area contributed by atoms with Crippen LogP contribution >= 0.6 is 0 Å². The van der Waals surface area contributed by atoms with E-state index in [4.69, 9.17) is 14.2 Å². The Morgan fingerprint density at radius 1 is 1.06 bits per heavy atom. The van der Waals surface area contributed by atoms with Crippen LogP contribution in [0.5, 0.6) is 17.2 Å². The van der Waals surface area contributed by atoms with E-state index >= 15 is 0 Å². The van der Waals surface area contributed by atoms with Gasteiger partial charge in [0, 0.05) is 12.5 Å². The molecule has 0 saturated carbocycles. The number of fused-ring (bicyclic) bond motifs is 2. The fourth-order valence-electron chi connectivity index (χ4n) is 4.92. The fraction of sp³-hybridized carbons (Fsp3) is 0.400. The first-order valence-electron chi connectivity index (χ1n) is 12.4. The van der Waals surface area contributed by atoms with Crippen LogP contribution in [0.25, 0.3) is 10.8 Å². The van der Waals surface area contributed by atoms with Gasteiger partial charge < -0.3 is 19.5 Å². The van der Waals surface area contributed by atoms with Crippen molar-refractivity contribution in [3.8, 4) is 17.2 Å². The number of amides is 1. The first-order chi connectivity index (χ1) is 17.0. The lowest BCUT2D eigenvalue weighted by Gasteiger charge is -2.38. The Balaban J connectivity index is 1.48. The van der Waals surface area contributed by atoms with Crippen molar-refractivity contribution in [3.63, 3.8) is 0 Å². The van der Waals surface area contributed by atoms with Crippen LogP contribution in [0.2, 0.25) is 0 Å². The molecule has 4 rings (SSSR count). The Morgan fingerprint density at radius 3 is 2.44 bits per heavy atom. The topological polar surface area (TPSA) is 73.9 Å². The Bertz CT molecular complexity index is 1350. The molecule has 2 atom stereocenters. The molecule has 1 N–H and O–H groups in total. The van der Waals surface area contributed by atoms with E-state index in [0.717, 1.165) is 62.9 Å². The lowest BCUT2D eigenvalue weighted by atomic mass is 9.87. The summed E-state index contributed by atoms with van der Waals surface area (Å²) in [6.45, 7) is 11.7. The van der Waals surface area contributed by atoms with Crippen LogP contribution in [-0.4, -0.2) is 31.1 Å². The molecule has 0 spiro atoms. The van der Waals surface area contributed by atoms with Gasteiger partial charge in [0.15, 0.2) is 0 Å². The normalized spacial score (nSPS) is 17.6. The van der Waals surface area contributed by atoms with Crippen molar-refractivity contribution in [1.29, 1.82) is 0 Å². The predicted molar refractivity (Wildman–Crippen MR) is 141 cm³/mol. The van der Waals surface area contributed by atoms with Crippen LogP contribution in [-0.2, 0) is 16.0 Å². The van der Waals surface area contributed by atoms with Gasteiger partial charge in [-0.1, -0.05) is 24.3 Å². The zero-order chi connectivity index (χ0) is 26.2. The lowest BCUT2D eigenvalue weighted by molar-refractivity contribution is -0.132. The minimum Gasteiger partial charge on any atom is -0.497 e. The first kappa shape index (κ1) is 25.5. The van der Waals surface area contributed by atoms with Crippen LogP contribution in [0.1, 0.15) is 60.9 Å². The number of carbonyl (C=O) groups excluding carboxylic acids is 2. The molecule has 1 aliphatic rings. The third-order valence-electron chi connectivity index (χ3n) is 7.41. The van der Waals surface area contributed by atoms with Crippen molar-refractivity contribution in [2.75, 3.05) is 13.7 Å². The van der Waals surface area contributed by atoms with Gasteiger partial charge in [0.25, 0.3) is 0 Å². The van der Waals surface area contributed by atoms with Crippen LogP contribution < -0.4 is 19.5 Å². The van der Waals surface area contributed by atoms with Crippen molar-refractivity contribution in [1.82, 2.24) is 5.32 Å². The molecule has 190 valence electrons. The number of carbonyl (C=O) groups is 2. The van der Waals surface area contributed by atoms with E-state index in [1.165, 1.54) is 6.92 Å². The number of methoxy groups -OCH3 is 1. The number of esters is 1. The number of hydrogen-bond acceptors (Lipinski definition) is 5. The first-order valence-corrected chi connectivity index (χ1v) is 12.4. The van der Waals surface area contributed by atoms with E-state index in [1.807, 2.05) is 65.0 Å². The van der Waals surface area contributed by atoms with Gasteiger partial charge in [-0.2, -0.15) is 0 Å². The number of benzene rings is 3. The number of hydrogen-bond donors (Lipinski definition) is 1. The highest BCUT2D eigenvalue weighted by atomic mass is 16.5. The Labute approximate surface area is 212 Å². The number of rotatable bonds is 6. The van der Waals surface area contributed by atoms with Gasteiger partial charge in [-0.05, 0) is 92.6 Å². The average molecular weight is 490 g/mol. The summed E-state index contributed by atoms with van der Waals surface area (Å²) in [5.74, 6) is 1.61. The Morgan fingerprint density at radius 2 is 1.75 bits per heavy atom. The smallest absolute Gasteiger partial charge is 0.308 e. The molecule has 1 aliphatic heterocycles. The highest BCUT2D eigenvalue weighted by Crippen LogP contribution is 2.43. The third kappa shape index (κ3) is 4.90. The summed E-state index contributed by atoms with van der Waals surface area (Å²) in [4.78, 5) is 24.7. The van der Waals surface area contributed by atoms with Crippen LogP contribution in [0, 0.1) is 20.8 Å². The molecule has 3 aromatic rings. The van der Waals surface area contributed by atoms with Crippen molar-refractivity contribution in [3.05, 3.63) is 64.2 Å². The maximum absolute atomic E-state index is 13.1. The molecule has 36 heavy (non-hydrogen) atoms. The van der Waals surface area contributed by atoms with Gasteiger partial charge in [0.05, 0.1) is 19.6 Å². The van der Waals surface area contributed by atoms with E-state index < -0.39 is 5.60 Å². The molecule has 0 aliphatic carbocycles. The largest absolute Gasteiger partial charge is 0.497 e. The van der Waals surface area contributed by atoms with Crippen molar-refractivity contribution >= 4 is 22.6 Å². The van der Waals surface area contributed by atoms with E-state index in [0.29, 0.717) is 12.3 Å². The van der Waals surface area contributed by atoms with Gasteiger partial charge in [0.2, 0.25) is 5.91 Å². The van der Waals surface area contributed by atoms with Crippen LogP contribution in [0.15, 0.2) is 36.4 Å². The van der Waals surface area contributed by atoms with E-state index in [-0.39, 0.29) is 17.8 Å². The number of ether oxygens (including phenoxy) is 3. The van der Waals surface area contributed by atoms with Gasteiger partial charge in [-0.15, -0.1) is 0 Å². The monoisotopic (exact) mass is 489 g/mol. The zero-order valence-electron chi connectivity index (χ0n) is 22.2. The Kier molecular flexibility index (Phi) is 6.98. The quantitative estimate of drug-likeness (QED) is 0.355. The molecule has 0 radical (unpaired) electrons. The zero-order valence-corrected chi connectivity index (χ0v) is 22.2. The molecule has 0 aromatic heterocycles. The maximum atomic E-state index is 13.1. The SMILES string of the molecule is COc1ccc2cc([C@H](C)C(=O)NC[C@]3(C)CCc4c(C)c(OC(C)=O)c(C)c(C)c4O3)ccc2c1. The minimum atomic E-state index is -0.533. The van der Waals surface area contributed by atoms with Crippen LogP contribution in [0.4, 0.5) is 0 Å². The van der Waals surface area contributed by atoms with E-state index in [1.54, 1.807) is 7.11 Å². The Hall–Kier alpha value is -3.54. The van der Waals surface area contributed by atoms with Gasteiger partial charge in [-0.25, -0.2) is 0 Å². The molecule has 1 heterocycles. The van der Waals surface area contributed by atoms with Gasteiger partial charge >= 0.3 is 5.97 Å². The molecule has 0 fully saturated rings. The molecule has 3 aromatic carbocycles. The summed E-state index contributed by atoms with van der Waals surface area (Å²) in [6.07, 6.45) is 1.53. The summed E-state index contributed by atoms with van der Waals surface area (Å²) >= 11 is 0. The summed E-state index contributed by atoms with van der Waals surface area (Å²) in [5.41, 5.74) is 4.30. The molecule has 6 heteroatoms. The molecular formula is C30H35NO5. The van der Waals surface area contributed by atoms with Crippen LogP contribution in [0.3, 0.4) is 0 Å². The second kappa shape index (κ2) is 9.84. The molecule has 1 amide bonds. The summed E-state index contributed by atoms with van der Waals surface area (Å²) in [5, 5.41) is 5.27. The second-order valence-corrected chi connectivity index (χ2v) is 10.1. The highest BCUT2D eigenvalue weighted by molar-refractivity contribution is 5.88. The second-order valence-electron chi connectivity index (χ2n) is 10.1. The average Bonchev–Trinajstić information content (AvgIpc) is 2.87. The third-order valence-corrected chi connectivity index (χ3v) is 7.41. The molecule has 0 saturated heterocycles. The summed E-state index contributed by atoms with van der Waals surface area (Å²) < 4.78 is 17.3. The summed E-state index contributed by atoms with van der Waals surface area (Å²) in [7, 11) is 1.65. The molecule has 6 nitrogen and oxygen atoms in total. The van der Waals surface area contributed by atoms with Gasteiger partial charge in [-0.3, -0.25) is 9.59 Å². The van der Waals surface area contributed by atoms with E-state index in [9.17, 15) is 9.59 Å². The number of nitrogens with one attached hydrogen (secondary N) is 1. The molecule has 0 bridgehead atoms. The standard InChI is InChI=1S/C30H35NO5/c1-17-18(2)28-26(20(4)27(17)35-21(5)32)12-13-30(6,36-28)16-31-29(33)19(3)22-8-9-24-15-25(34-7)11-10-23(24)14-22/h8-11,14-15,19H,12-13,16H2,1-7H3,(H,31,33)/t19-,30-/m0/s1. The summed E-state index contributed by atoms with van der Waals surface area (Å²) in [6, 6.07) is 12.0. The maximum Gasteiger partial charge on any atom is 0.308 e. The predicted octanol–water partition coefficient (Wildman–Crippen LogP) is 5.70. The van der Waals surface area contributed by atoms with E-state index in [2.05, 4.69) is 11.4 Å². The van der Waals surface area contributed by atoms with Crippen molar-refractivity contribution in [2.24, 2.45) is 0 Å². The molecule has 0 unspecified atom stereocenters. The highest BCUT2D eigenvalue weighted by Gasteiger charge is 2.35. The van der Waals surface area contributed by atoms with Gasteiger partial charge in [0.1, 0.15) is 22.8 Å². The van der Waals surface area contributed by atoms with Crippen molar-refractivity contribution in [2.45, 2.75) is 65.9 Å².